The molecule has 1 aromatic carbocycles. The van der Waals surface area contributed by atoms with Crippen LogP contribution in [-0.4, -0.2) is 6.54 Å². The van der Waals surface area contributed by atoms with Crippen LogP contribution >= 0.6 is 27.3 Å². The Hall–Kier alpha value is -0.640. The lowest BCUT2D eigenvalue weighted by atomic mass is 9.89. The van der Waals surface area contributed by atoms with Gasteiger partial charge in [-0.05, 0) is 96.5 Å². The molecule has 0 saturated heterocycles. The van der Waals surface area contributed by atoms with Gasteiger partial charge < -0.3 is 5.32 Å². The van der Waals surface area contributed by atoms with Gasteiger partial charge in [0, 0.05) is 4.88 Å². The van der Waals surface area contributed by atoms with Gasteiger partial charge in [0.25, 0.3) is 0 Å². The topological polar surface area (TPSA) is 12.0 Å². The number of halogens is 1. The Morgan fingerprint density at radius 2 is 1.57 bits per heavy atom. The zero-order chi connectivity index (χ0) is 15.7. The van der Waals surface area contributed by atoms with Crippen LogP contribution in [0.5, 0.6) is 0 Å². The highest BCUT2D eigenvalue weighted by molar-refractivity contribution is 9.11. The molecular weight excluding hydrogens is 342 g/mol. The summed E-state index contributed by atoms with van der Waals surface area (Å²) in [6, 6.07) is 4.88. The zero-order valence-corrected chi connectivity index (χ0v) is 16.1. The standard InChI is InChI=1S/C18H24BrNS/c1-7-20-17(15-9-12(4)18(19)21-15)16-13(5)10(2)8-11(3)14(16)6/h8-9,17,20H,7H2,1-6H3. The van der Waals surface area contributed by atoms with Crippen molar-refractivity contribution < 1.29 is 0 Å². The van der Waals surface area contributed by atoms with Gasteiger partial charge in [0.1, 0.15) is 0 Å². The molecule has 2 aromatic rings. The predicted octanol–water partition coefficient (Wildman–Crippen LogP) is 5.75. The maximum Gasteiger partial charge on any atom is 0.0731 e. The maximum atomic E-state index is 3.68. The Labute approximate surface area is 140 Å². The summed E-state index contributed by atoms with van der Waals surface area (Å²) in [6.45, 7) is 14.2. The number of hydrogen-bond donors (Lipinski definition) is 1. The van der Waals surface area contributed by atoms with Gasteiger partial charge in [0.05, 0.1) is 9.83 Å². The second-order valence-electron chi connectivity index (χ2n) is 5.77. The minimum absolute atomic E-state index is 0.281. The minimum Gasteiger partial charge on any atom is -0.306 e. The molecule has 1 atom stereocenters. The second-order valence-corrected chi connectivity index (χ2v) is 8.17. The smallest absolute Gasteiger partial charge is 0.0731 e. The predicted molar refractivity (Wildman–Crippen MR) is 97.7 cm³/mol. The van der Waals surface area contributed by atoms with Crippen molar-refractivity contribution in [2.24, 2.45) is 0 Å². The van der Waals surface area contributed by atoms with Crippen molar-refractivity contribution in [1.82, 2.24) is 5.32 Å². The van der Waals surface area contributed by atoms with Crippen molar-refractivity contribution in [3.8, 4) is 0 Å². The molecule has 2 rings (SSSR count). The normalized spacial score (nSPS) is 12.7. The van der Waals surface area contributed by atoms with Gasteiger partial charge in [-0.2, -0.15) is 0 Å². The number of thiophene rings is 1. The van der Waals surface area contributed by atoms with Crippen LogP contribution in [0.4, 0.5) is 0 Å². The Balaban J connectivity index is 2.63. The highest BCUT2D eigenvalue weighted by Gasteiger charge is 2.22. The molecule has 1 aromatic heterocycles. The number of nitrogens with one attached hydrogen (secondary N) is 1. The van der Waals surface area contributed by atoms with E-state index in [0.717, 1.165) is 6.54 Å². The first-order chi connectivity index (χ1) is 9.86. The summed E-state index contributed by atoms with van der Waals surface area (Å²) in [5.74, 6) is 0. The molecule has 0 aliphatic carbocycles. The third-order valence-corrected chi connectivity index (χ3v) is 6.48. The summed E-state index contributed by atoms with van der Waals surface area (Å²) in [6.07, 6.45) is 0. The fourth-order valence-corrected chi connectivity index (χ4v) is 4.51. The molecule has 1 N–H and O–H groups in total. The molecule has 3 heteroatoms. The lowest BCUT2D eigenvalue weighted by Gasteiger charge is -2.24. The molecule has 0 spiro atoms. The van der Waals surface area contributed by atoms with Crippen molar-refractivity contribution in [1.29, 1.82) is 0 Å². The van der Waals surface area contributed by atoms with Crippen molar-refractivity contribution in [2.75, 3.05) is 6.54 Å². The fourth-order valence-electron chi connectivity index (χ4n) is 2.86. The summed E-state index contributed by atoms with van der Waals surface area (Å²) in [5.41, 5.74) is 8.34. The average molecular weight is 366 g/mol. The Bertz CT molecular complexity index is 612. The molecule has 114 valence electrons. The Morgan fingerprint density at radius 1 is 1.00 bits per heavy atom. The first kappa shape index (κ1) is 16.7. The quantitative estimate of drug-likeness (QED) is 0.726. The van der Waals surface area contributed by atoms with Gasteiger partial charge in [-0.1, -0.05) is 13.0 Å². The number of rotatable bonds is 4. The SMILES string of the molecule is CCNC(c1cc(C)c(Br)s1)c1c(C)c(C)cc(C)c1C. The summed E-state index contributed by atoms with van der Waals surface area (Å²) < 4.78 is 1.24. The van der Waals surface area contributed by atoms with Crippen LogP contribution in [0.1, 0.15) is 51.2 Å². The van der Waals surface area contributed by atoms with E-state index in [2.05, 4.69) is 74.9 Å². The zero-order valence-electron chi connectivity index (χ0n) is 13.7. The van der Waals surface area contributed by atoms with Crippen molar-refractivity contribution >= 4 is 27.3 Å². The van der Waals surface area contributed by atoms with E-state index >= 15 is 0 Å². The molecule has 1 nitrogen and oxygen atoms in total. The summed E-state index contributed by atoms with van der Waals surface area (Å²) in [4.78, 5) is 1.39. The highest BCUT2D eigenvalue weighted by atomic mass is 79.9. The summed E-state index contributed by atoms with van der Waals surface area (Å²) >= 11 is 5.51. The second kappa shape index (κ2) is 6.64. The third kappa shape index (κ3) is 3.25. The van der Waals surface area contributed by atoms with E-state index in [-0.39, 0.29) is 6.04 Å². The van der Waals surface area contributed by atoms with Crippen LogP contribution in [0.3, 0.4) is 0 Å². The number of benzene rings is 1. The fraction of sp³-hybridized carbons (Fsp3) is 0.444. The third-order valence-electron chi connectivity index (χ3n) is 4.28. The van der Waals surface area contributed by atoms with Crippen LogP contribution in [0, 0.1) is 34.6 Å². The van der Waals surface area contributed by atoms with Gasteiger partial charge in [0.2, 0.25) is 0 Å². The van der Waals surface area contributed by atoms with Gasteiger partial charge in [-0.25, -0.2) is 0 Å². The van der Waals surface area contributed by atoms with Gasteiger partial charge in [-0.3, -0.25) is 0 Å². The summed E-state index contributed by atoms with van der Waals surface area (Å²) in [5, 5.41) is 3.68. The van der Waals surface area contributed by atoms with E-state index in [1.165, 1.54) is 42.0 Å². The van der Waals surface area contributed by atoms with Crippen LogP contribution in [0.15, 0.2) is 15.9 Å². The van der Waals surface area contributed by atoms with Crippen molar-refractivity contribution in [2.45, 2.75) is 47.6 Å². The maximum absolute atomic E-state index is 3.68. The van der Waals surface area contributed by atoms with Gasteiger partial charge in [-0.15, -0.1) is 11.3 Å². The molecule has 0 saturated carbocycles. The van der Waals surface area contributed by atoms with E-state index in [0.29, 0.717) is 0 Å². The van der Waals surface area contributed by atoms with Crippen LogP contribution in [0.25, 0.3) is 0 Å². The van der Waals surface area contributed by atoms with Gasteiger partial charge >= 0.3 is 0 Å². The summed E-state index contributed by atoms with van der Waals surface area (Å²) in [7, 11) is 0. The molecule has 1 unspecified atom stereocenters. The lowest BCUT2D eigenvalue weighted by molar-refractivity contribution is 0.632. The number of hydrogen-bond acceptors (Lipinski definition) is 2. The molecule has 0 fully saturated rings. The molecule has 1 heterocycles. The molecule has 0 amide bonds. The molecule has 0 radical (unpaired) electrons. The van der Waals surface area contributed by atoms with E-state index in [1.54, 1.807) is 0 Å². The molecule has 0 aliphatic rings. The largest absolute Gasteiger partial charge is 0.306 e. The van der Waals surface area contributed by atoms with Crippen molar-refractivity contribution in [3.63, 3.8) is 0 Å². The van der Waals surface area contributed by atoms with Crippen LogP contribution in [0.2, 0.25) is 0 Å². The van der Waals surface area contributed by atoms with E-state index in [9.17, 15) is 0 Å². The van der Waals surface area contributed by atoms with Crippen LogP contribution in [-0.2, 0) is 0 Å². The average Bonchev–Trinajstić information content (AvgIpc) is 2.75. The van der Waals surface area contributed by atoms with Crippen LogP contribution < -0.4 is 5.32 Å². The van der Waals surface area contributed by atoms with E-state index < -0.39 is 0 Å². The molecule has 21 heavy (non-hydrogen) atoms. The first-order valence-corrected chi connectivity index (χ1v) is 9.04. The van der Waals surface area contributed by atoms with E-state index in [4.69, 9.17) is 0 Å². The Morgan fingerprint density at radius 3 is 2.00 bits per heavy atom. The Kier molecular flexibility index (Phi) is 5.29. The van der Waals surface area contributed by atoms with Gasteiger partial charge in [0.15, 0.2) is 0 Å². The highest BCUT2D eigenvalue weighted by Crippen LogP contribution is 2.37. The minimum atomic E-state index is 0.281. The van der Waals surface area contributed by atoms with E-state index in [1.807, 2.05) is 11.3 Å². The lowest BCUT2D eigenvalue weighted by Crippen LogP contribution is -2.23. The first-order valence-electron chi connectivity index (χ1n) is 7.43. The molecular formula is C18H24BrNS. The molecule has 0 bridgehead atoms. The molecule has 0 aliphatic heterocycles. The number of aryl methyl sites for hydroxylation is 3. The monoisotopic (exact) mass is 365 g/mol. The van der Waals surface area contributed by atoms with Crippen molar-refractivity contribution in [3.05, 3.63) is 54.2 Å².